The molecular weight excluding hydrogens is 357 g/mol. The lowest BCUT2D eigenvalue weighted by molar-refractivity contribution is -0.274. The van der Waals surface area contributed by atoms with E-state index in [1.807, 2.05) is 0 Å². The van der Waals surface area contributed by atoms with Crippen molar-refractivity contribution in [3.8, 4) is 11.5 Å². The van der Waals surface area contributed by atoms with Crippen LogP contribution in [0, 0.1) is 0 Å². The molecule has 1 N–H and O–H groups in total. The first-order valence-electron chi connectivity index (χ1n) is 7.70. The van der Waals surface area contributed by atoms with E-state index in [1.165, 1.54) is 23.3 Å². The van der Waals surface area contributed by atoms with Crippen LogP contribution in [0.4, 0.5) is 13.2 Å². The van der Waals surface area contributed by atoms with Gasteiger partial charge in [-0.05, 0) is 30.7 Å². The molecule has 1 amide bonds. The molecule has 1 aromatic heterocycles. The summed E-state index contributed by atoms with van der Waals surface area (Å²) in [4.78, 5) is 17.7. The van der Waals surface area contributed by atoms with Crippen LogP contribution in [0.5, 0.6) is 11.5 Å². The second-order valence-electron chi connectivity index (χ2n) is 5.63. The summed E-state index contributed by atoms with van der Waals surface area (Å²) in [5, 5.41) is 9.46. The average molecular weight is 372 g/mol. The van der Waals surface area contributed by atoms with Gasteiger partial charge >= 0.3 is 6.36 Å². The number of rotatable bonds is 5. The molecule has 7 nitrogen and oxygen atoms in total. The van der Waals surface area contributed by atoms with Gasteiger partial charge in [-0.3, -0.25) is 4.79 Å². The molecule has 1 aliphatic heterocycles. The third kappa shape index (κ3) is 4.66. The molecule has 2 heterocycles. The summed E-state index contributed by atoms with van der Waals surface area (Å²) in [5.41, 5.74) is 0.103. The molecule has 0 spiro atoms. The zero-order chi connectivity index (χ0) is 18.7. The fourth-order valence-corrected chi connectivity index (χ4v) is 2.45. The van der Waals surface area contributed by atoms with Gasteiger partial charge in [0.1, 0.15) is 17.8 Å². The number of aliphatic hydroxyl groups excluding tert-OH is 1. The zero-order valence-electron chi connectivity index (χ0n) is 13.4. The van der Waals surface area contributed by atoms with Crippen LogP contribution in [-0.2, 0) is 6.61 Å². The molecule has 140 valence electrons. The fourth-order valence-electron chi connectivity index (χ4n) is 2.45. The Morgan fingerprint density at radius 2 is 2.00 bits per heavy atom. The van der Waals surface area contributed by atoms with Gasteiger partial charge in [0, 0.05) is 13.1 Å². The average Bonchev–Trinajstić information content (AvgIpc) is 3.21. The molecule has 0 bridgehead atoms. The minimum atomic E-state index is -4.76. The number of ether oxygens (including phenoxy) is 2. The lowest BCUT2D eigenvalue weighted by Gasteiger charge is -2.12. The number of aliphatic hydroxyl groups is 1. The summed E-state index contributed by atoms with van der Waals surface area (Å²) in [6, 6.07) is 4.85. The van der Waals surface area contributed by atoms with Crippen LogP contribution >= 0.6 is 0 Å². The number of hydrogen-bond donors (Lipinski definition) is 1. The highest BCUT2D eigenvalue weighted by atomic mass is 19.4. The number of halogens is 3. The number of nitrogens with zero attached hydrogens (tertiary/aromatic N) is 2. The van der Waals surface area contributed by atoms with Gasteiger partial charge in [-0.25, -0.2) is 4.98 Å². The molecule has 1 atom stereocenters. The lowest BCUT2D eigenvalue weighted by Crippen LogP contribution is -2.29. The lowest BCUT2D eigenvalue weighted by atomic mass is 10.3. The molecule has 0 saturated carbocycles. The highest BCUT2D eigenvalue weighted by Gasteiger charge is 2.31. The highest BCUT2D eigenvalue weighted by Crippen LogP contribution is 2.25. The van der Waals surface area contributed by atoms with Crippen LogP contribution in [0.25, 0.3) is 0 Å². The molecular formula is C16H15F3N2O5. The van der Waals surface area contributed by atoms with Crippen LogP contribution in [0.15, 0.2) is 34.9 Å². The van der Waals surface area contributed by atoms with Gasteiger partial charge in [-0.2, -0.15) is 0 Å². The van der Waals surface area contributed by atoms with Crippen molar-refractivity contribution in [3.63, 3.8) is 0 Å². The second-order valence-corrected chi connectivity index (χ2v) is 5.63. The number of oxazole rings is 1. The molecule has 10 heteroatoms. The van der Waals surface area contributed by atoms with E-state index in [0.717, 1.165) is 12.1 Å². The van der Waals surface area contributed by atoms with E-state index in [4.69, 9.17) is 9.15 Å². The molecule has 1 fully saturated rings. The first-order valence-corrected chi connectivity index (χ1v) is 7.70. The smallest absolute Gasteiger partial charge is 0.484 e. The van der Waals surface area contributed by atoms with E-state index in [2.05, 4.69) is 9.72 Å². The SMILES string of the molecule is O=C(c1coc(COc2ccc(OC(F)(F)F)cc2)n1)N1CCC(O)C1. The summed E-state index contributed by atoms with van der Waals surface area (Å²) in [6.45, 7) is 0.601. The molecule has 0 aliphatic carbocycles. The Hall–Kier alpha value is -2.75. The Balaban J connectivity index is 1.54. The van der Waals surface area contributed by atoms with Gasteiger partial charge in [0.05, 0.1) is 6.10 Å². The topological polar surface area (TPSA) is 85.0 Å². The van der Waals surface area contributed by atoms with Gasteiger partial charge in [0.25, 0.3) is 5.91 Å². The largest absolute Gasteiger partial charge is 0.573 e. The Morgan fingerprint density at radius 3 is 2.62 bits per heavy atom. The number of benzene rings is 1. The second kappa shape index (κ2) is 7.24. The zero-order valence-corrected chi connectivity index (χ0v) is 13.4. The normalized spacial score (nSPS) is 17.4. The van der Waals surface area contributed by atoms with Crippen molar-refractivity contribution >= 4 is 5.91 Å². The van der Waals surface area contributed by atoms with Crippen molar-refractivity contribution in [1.82, 2.24) is 9.88 Å². The monoisotopic (exact) mass is 372 g/mol. The maximum atomic E-state index is 12.2. The highest BCUT2D eigenvalue weighted by molar-refractivity contribution is 5.92. The van der Waals surface area contributed by atoms with Gasteiger partial charge in [0.2, 0.25) is 5.89 Å². The molecule has 1 unspecified atom stereocenters. The number of aromatic nitrogens is 1. The van der Waals surface area contributed by atoms with Crippen molar-refractivity contribution in [2.45, 2.75) is 25.5 Å². The summed E-state index contributed by atoms with van der Waals surface area (Å²) in [7, 11) is 0. The van der Waals surface area contributed by atoms with Crippen LogP contribution in [0.1, 0.15) is 22.8 Å². The van der Waals surface area contributed by atoms with E-state index in [1.54, 1.807) is 0 Å². The Kier molecular flexibility index (Phi) is 5.03. The van der Waals surface area contributed by atoms with Crippen LogP contribution in [0.3, 0.4) is 0 Å². The number of likely N-dealkylation sites (tertiary alicyclic amines) is 1. The van der Waals surface area contributed by atoms with Crippen molar-refractivity contribution in [2.75, 3.05) is 13.1 Å². The quantitative estimate of drug-likeness (QED) is 0.867. The maximum Gasteiger partial charge on any atom is 0.573 e. The molecule has 3 rings (SSSR count). The molecule has 1 saturated heterocycles. The van der Waals surface area contributed by atoms with E-state index in [9.17, 15) is 23.1 Å². The molecule has 2 aromatic rings. The number of carbonyl (C=O) groups is 1. The first-order chi connectivity index (χ1) is 12.3. The van der Waals surface area contributed by atoms with Gasteiger partial charge in [-0.15, -0.1) is 13.2 Å². The minimum absolute atomic E-state index is 0.102. The standard InChI is InChI=1S/C16H15F3N2O5/c17-16(18,19)26-12-3-1-11(2-4-12)24-9-14-20-13(8-25-14)15(23)21-6-5-10(22)7-21/h1-4,8,10,22H,5-7,9H2. The first kappa shape index (κ1) is 18.1. The van der Waals surface area contributed by atoms with Gasteiger partial charge < -0.3 is 23.9 Å². The molecule has 1 aromatic carbocycles. The molecule has 1 aliphatic rings. The van der Waals surface area contributed by atoms with E-state index < -0.39 is 12.5 Å². The predicted octanol–water partition coefficient (Wildman–Crippen LogP) is 2.36. The Labute approximate surface area is 145 Å². The summed E-state index contributed by atoms with van der Waals surface area (Å²) < 4.78 is 50.6. The minimum Gasteiger partial charge on any atom is -0.484 e. The molecule has 26 heavy (non-hydrogen) atoms. The van der Waals surface area contributed by atoms with Crippen molar-refractivity contribution in [3.05, 3.63) is 42.1 Å². The van der Waals surface area contributed by atoms with Crippen molar-refractivity contribution in [1.29, 1.82) is 0 Å². The number of amides is 1. The van der Waals surface area contributed by atoms with Gasteiger partial charge in [0.15, 0.2) is 12.3 Å². The summed E-state index contributed by atoms with van der Waals surface area (Å²) >= 11 is 0. The predicted molar refractivity (Wildman–Crippen MR) is 80.5 cm³/mol. The van der Waals surface area contributed by atoms with Gasteiger partial charge in [-0.1, -0.05) is 0 Å². The summed E-state index contributed by atoms with van der Waals surface area (Å²) in [6.07, 6.45) is -3.56. The fraction of sp³-hybridized carbons (Fsp3) is 0.375. The van der Waals surface area contributed by atoms with Crippen LogP contribution in [-0.4, -0.2) is 46.5 Å². The maximum absolute atomic E-state index is 12.2. The van der Waals surface area contributed by atoms with Crippen molar-refractivity contribution < 1.29 is 37.0 Å². The number of β-amino-alcohol motifs (C(OH)–C–C–N with tert-alkyl or cyclic N) is 1. The van der Waals surface area contributed by atoms with Crippen LogP contribution < -0.4 is 9.47 Å². The molecule has 0 radical (unpaired) electrons. The Bertz CT molecular complexity index is 760. The number of carbonyl (C=O) groups excluding carboxylic acids is 1. The van der Waals surface area contributed by atoms with E-state index >= 15 is 0 Å². The third-order valence-corrected chi connectivity index (χ3v) is 3.64. The Morgan fingerprint density at radius 1 is 1.31 bits per heavy atom. The van der Waals surface area contributed by atoms with E-state index in [0.29, 0.717) is 13.0 Å². The number of alkyl halides is 3. The van der Waals surface area contributed by atoms with Crippen molar-refractivity contribution in [2.24, 2.45) is 0 Å². The van der Waals surface area contributed by atoms with Crippen LogP contribution in [0.2, 0.25) is 0 Å². The number of hydrogen-bond acceptors (Lipinski definition) is 6. The summed E-state index contributed by atoms with van der Waals surface area (Å²) in [5.74, 6) is -0.274. The van der Waals surface area contributed by atoms with E-state index in [-0.39, 0.29) is 42.1 Å². The third-order valence-electron chi connectivity index (χ3n) is 3.64.